The molecular formula is C20H14BrClFN5S. The van der Waals surface area contributed by atoms with Crippen LogP contribution in [0.5, 0.6) is 0 Å². The third kappa shape index (κ3) is 3.50. The van der Waals surface area contributed by atoms with E-state index in [1.54, 1.807) is 12.1 Å². The van der Waals surface area contributed by atoms with Gasteiger partial charge in [-0.25, -0.2) is 14.1 Å². The molecular weight excluding hydrogens is 477 g/mol. The summed E-state index contributed by atoms with van der Waals surface area (Å²) in [5.41, 5.74) is 1.93. The first-order valence-electron chi connectivity index (χ1n) is 8.69. The highest BCUT2D eigenvalue weighted by Gasteiger charge is 2.22. The number of thiazole rings is 1. The quantitative estimate of drug-likeness (QED) is 0.333. The highest BCUT2D eigenvalue weighted by Crippen LogP contribution is 2.40. The molecule has 0 atom stereocenters. The summed E-state index contributed by atoms with van der Waals surface area (Å²) >= 11 is 11.2. The third-order valence-electron chi connectivity index (χ3n) is 4.47. The number of nitriles is 1. The molecule has 0 spiro atoms. The van der Waals surface area contributed by atoms with E-state index in [4.69, 9.17) is 11.6 Å². The van der Waals surface area contributed by atoms with Gasteiger partial charge in [-0.2, -0.15) is 10.4 Å². The van der Waals surface area contributed by atoms with Crippen molar-refractivity contribution in [2.24, 2.45) is 0 Å². The maximum Gasteiger partial charge on any atom is 0.192 e. The summed E-state index contributed by atoms with van der Waals surface area (Å²) in [4.78, 5) is 7.04. The molecule has 0 radical (unpaired) electrons. The average Bonchev–Trinajstić information content (AvgIpc) is 3.29. The van der Waals surface area contributed by atoms with E-state index in [-0.39, 0.29) is 5.82 Å². The van der Waals surface area contributed by atoms with Crippen LogP contribution in [0.1, 0.15) is 11.8 Å². The number of benzene rings is 2. The Kier molecular flexibility index (Phi) is 5.30. The largest absolute Gasteiger partial charge is 0.305 e. The van der Waals surface area contributed by atoms with Gasteiger partial charge in [0.25, 0.3) is 0 Å². The van der Waals surface area contributed by atoms with Gasteiger partial charge in [-0.3, -0.25) is 0 Å². The lowest BCUT2D eigenvalue weighted by atomic mass is 10.1. The number of nitrogens with zero attached hydrogens (tertiary/aromatic N) is 5. The summed E-state index contributed by atoms with van der Waals surface area (Å²) in [6.07, 6.45) is 0. The van der Waals surface area contributed by atoms with Crippen molar-refractivity contribution in [2.45, 2.75) is 13.5 Å². The number of halogens is 3. The maximum atomic E-state index is 13.3. The Bertz CT molecular complexity index is 1260. The predicted octanol–water partition coefficient (Wildman–Crippen LogP) is 6.37. The Hall–Kier alpha value is -2.47. The molecule has 0 amide bonds. The fourth-order valence-corrected chi connectivity index (χ4v) is 4.84. The Labute approximate surface area is 184 Å². The first-order chi connectivity index (χ1) is 13.9. The maximum absolute atomic E-state index is 13.3. The minimum absolute atomic E-state index is 0.333. The monoisotopic (exact) mass is 489 g/mol. The van der Waals surface area contributed by atoms with Gasteiger partial charge in [0, 0.05) is 29.0 Å². The first-order valence-corrected chi connectivity index (χ1v) is 10.7. The second-order valence-electron chi connectivity index (χ2n) is 6.28. The average molecular weight is 491 g/mol. The molecule has 2 aromatic carbocycles. The van der Waals surface area contributed by atoms with Crippen molar-refractivity contribution in [3.8, 4) is 17.3 Å². The van der Waals surface area contributed by atoms with Gasteiger partial charge in [-0.05, 0) is 43.3 Å². The standard InChI is InChI=1S/C20H14BrClFN5S/c1-3-28-19(14-8-12(21)9-15(22)18(14)26-28)27(2)20-25-17(16(10-24)29-20)11-4-6-13(23)7-5-11/h4-9H,3H2,1-2H3. The summed E-state index contributed by atoms with van der Waals surface area (Å²) in [7, 11) is 1.88. The molecule has 2 heterocycles. The zero-order valence-corrected chi connectivity index (χ0v) is 18.6. The van der Waals surface area contributed by atoms with Gasteiger partial charge in [-0.1, -0.05) is 38.9 Å². The molecule has 9 heteroatoms. The van der Waals surface area contributed by atoms with E-state index in [9.17, 15) is 9.65 Å². The van der Waals surface area contributed by atoms with Gasteiger partial charge in [0.2, 0.25) is 0 Å². The van der Waals surface area contributed by atoms with Gasteiger partial charge in [0.1, 0.15) is 33.8 Å². The van der Waals surface area contributed by atoms with Crippen LogP contribution in [0.4, 0.5) is 15.3 Å². The number of aryl methyl sites for hydroxylation is 1. The number of rotatable bonds is 4. The van der Waals surface area contributed by atoms with Crippen molar-refractivity contribution >= 4 is 60.7 Å². The zero-order valence-electron chi connectivity index (χ0n) is 15.4. The Morgan fingerprint density at radius 3 is 2.69 bits per heavy atom. The molecule has 0 bridgehead atoms. The molecule has 4 aromatic rings. The fraction of sp³-hybridized carbons (Fsp3) is 0.150. The smallest absolute Gasteiger partial charge is 0.192 e. The summed E-state index contributed by atoms with van der Waals surface area (Å²) in [6, 6.07) is 11.9. The molecule has 5 nitrogen and oxygen atoms in total. The van der Waals surface area contributed by atoms with Gasteiger partial charge in [-0.15, -0.1) is 0 Å². The van der Waals surface area contributed by atoms with Crippen LogP contribution in [0.25, 0.3) is 22.2 Å². The van der Waals surface area contributed by atoms with Crippen molar-refractivity contribution in [3.63, 3.8) is 0 Å². The fourth-order valence-electron chi connectivity index (χ4n) is 3.14. The van der Waals surface area contributed by atoms with Crippen molar-refractivity contribution < 1.29 is 4.39 Å². The van der Waals surface area contributed by atoms with E-state index in [1.165, 1.54) is 23.5 Å². The Morgan fingerprint density at radius 1 is 1.31 bits per heavy atom. The number of hydrogen-bond donors (Lipinski definition) is 0. The summed E-state index contributed by atoms with van der Waals surface area (Å²) in [6.45, 7) is 2.64. The lowest BCUT2D eigenvalue weighted by Crippen LogP contribution is -2.15. The molecule has 0 N–H and O–H groups in total. The number of hydrogen-bond acceptors (Lipinski definition) is 5. The molecule has 146 valence electrons. The number of aromatic nitrogens is 3. The third-order valence-corrected chi connectivity index (χ3v) is 6.26. The molecule has 0 aliphatic rings. The van der Waals surface area contributed by atoms with Crippen LogP contribution in [-0.2, 0) is 6.54 Å². The van der Waals surface area contributed by atoms with E-state index in [1.807, 2.05) is 35.7 Å². The van der Waals surface area contributed by atoms with Crippen LogP contribution in [0.3, 0.4) is 0 Å². The molecule has 2 aromatic heterocycles. The van der Waals surface area contributed by atoms with Gasteiger partial charge in [0.05, 0.1) is 5.02 Å². The van der Waals surface area contributed by atoms with Crippen molar-refractivity contribution in [3.05, 3.63) is 56.6 Å². The molecule has 0 saturated heterocycles. The highest BCUT2D eigenvalue weighted by atomic mass is 79.9. The van der Waals surface area contributed by atoms with Crippen LogP contribution in [0.15, 0.2) is 40.9 Å². The van der Waals surface area contributed by atoms with Crippen LogP contribution >= 0.6 is 38.9 Å². The second-order valence-corrected chi connectivity index (χ2v) is 8.58. The van der Waals surface area contributed by atoms with E-state index >= 15 is 0 Å². The van der Waals surface area contributed by atoms with Crippen molar-refractivity contribution in [1.82, 2.24) is 14.8 Å². The molecule has 29 heavy (non-hydrogen) atoms. The van der Waals surface area contributed by atoms with Gasteiger partial charge in [0.15, 0.2) is 5.13 Å². The van der Waals surface area contributed by atoms with E-state index in [2.05, 4.69) is 32.1 Å². The van der Waals surface area contributed by atoms with E-state index in [0.717, 1.165) is 15.7 Å². The lowest BCUT2D eigenvalue weighted by molar-refractivity contribution is 0.628. The van der Waals surface area contributed by atoms with Crippen LogP contribution in [-0.4, -0.2) is 21.8 Å². The lowest BCUT2D eigenvalue weighted by Gasteiger charge is -2.17. The Balaban J connectivity index is 1.87. The minimum Gasteiger partial charge on any atom is -0.305 e. The Morgan fingerprint density at radius 2 is 2.03 bits per heavy atom. The number of anilines is 2. The topological polar surface area (TPSA) is 57.7 Å². The molecule has 0 unspecified atom stereocenters. The SMILES string of the molecule is CCn1nc2c(Cl)cc(Br)cc2c1N(C)c1nc(-c2ccc(F)cc2)c(C#N)s1. The van der Waals surface area contributed by atoms with Crippen molar-refractivity contribution in [1.29, 1.82) is 5.26 Å². The van der Waals surface area contributed by atoms with Crippen LogP contribution in [0, 0.1) is 17.1 Å². The molecule has 0 saturated carbocycles. The van der Waals surface area contributed by atoms with E-state index < -0.39 is 0 Å². The van der Waals surface area contributed by atoms with Crippen LogP contribution < -0.4 is 4.90 Å². The van der Waals surface area contributed by atoms with Gasteiger partial charge >= 0.3 is 0 Å². The normalized spacial score (nSPS) is 11.0. The van der Waals surface area contributed by atoms with Crippen LogP contribution in [0.2, 0.25) is 5.02 Å². The summed E-state index contributed by atoms with van der Waals surface area (Å²) in [5, 5.41) is 16.3. The predicted molar refractivity (Wildman–Crippen MR) is 118 cm³/mol. The molecule has 0 aliphatic heterocycles. The van der Waals surface area contributed by atoms with Gasteiger partial charge < -0.3 is 4.90 Å². The highest BCUT2D eigenvalue weighted by molar-refractivity contribution is 9.10. The van der Waals surface area contributed by atoms with E-state index in [0.29, 0.717) is 38.4 Å². The van der Waals surface area contributed by atoms with Crippen molar-refractivity contribution in [2.75, 3.05) is 11.9 Å². The molecule has 0 aliphatic carbocycles. The first kappa shape index (κ1) is 19.8. The summed E-state index contributed by atoms with van der Waals surface area (Å²) < 4.78 is 16.0. The second kappa shape index (κ2) is 7.75. The molecule has 4 rings (SSSR count). The number of fused-ring (bicyclic) bond motifs is 1. The minimum atomic E-state index is -0.333. The summed E-state index contributed by atoms with van der Waals surface area (Å²) in [5.74, 6) is 0.496. The zero-order chi connectivity index (χ0) is 20.7. The molecule has 0 fully saturated rings.